The Balaban J connectivity index is 1.67. The number of thiophene rings is 1. The minimum absolute atomic E-state index is 0.0260. The molecule has 0 saturated carbocycles. The number of alkyl halides is 3. The molecular formula is C23H24F3N5O5S2. The molecule has 0 aliphatic rings. The molecule has 3 rings (SSSR count). The standard InChI is InChI=1S/C23H24F3N5O5S2/c1-4-31-15(10-36-14-8-6-7-13(9-14)23(24,25)26)29-30-22(31)37-11-16(32)28-20-17(21(34)35-5-2)12(3)18(38-20)19(27)33/h6-9H,4-5,10-11H2,1-3H3,(H2,27,33)(H,28,32). The first kappa shape index (κ1) is 29.0. The lowest BCUT2D eigenvalue weighted by Crippen LogP contribution is -2.17. The minimum atomic E-state index is -4.49. The lowest BCUT2D eigenvalue weighted by Gasteiger charge is -2.11. The van der Waals surface area contributed by atoms with Crippen molar-refractivity contribution >= 4 is 45.9 Å². The summed E-state index contributed by atoms with van der Waals surface area (Å²) in [6.07, 6.45) is -4.49. The second kappa shape index (κ2) is 12.3. The van der Waals surface area contributed by atoms with Crippen LogP contribution in [0.15, 0.2) is 29.4 Å². The molecule has 0 aliphatic carbocycles. The summed E-state index contributed by atoms with van der Waals surface area (Å²) < 4.78 is 51.0. The first-order valence-electron chi connectivity index (χ1n) is 11.2. The van der Waals surface area contributed by atoms with Crippen LogP contribution >= 0.6 is 23.1 Å². The zero-order valence-electron chi connectivity index (χ0n) is 20.5. The molecule has 1 aromatic carbocycles. The number of hydrogen-bond donors (Lipinski definition) is 2. The predicted molar refractivity (Wildman–Crippen MR) is 134 cm³/mol. The van der Waals surface area contributed by atoms with Crippen molar-refractivity contribution in [2.45, 2.75) is 45.3 Å². The summed E-state index contributed by atoms with van der Waals surface area (Å²) in [4.78, 5) is 36.9. The molecule has 0 fully saturated rings. The van der Waals surface area contributed by atoms with Crippen LogP contribution in [0.3, 0.4) is 0 Å². The van der Waals surface area contributed by atoms with Crippen molar-refractivity contribution in [1.82, 2.24) is 14.8 Å². The largest absolute Gasteiger partial charge is 0.486 e. The molecule has 0 aliphatic heterocycles. The zero-order chi connectivity index (χ0) is 28.0. The van der Waals surface area contributed by atoms with E-state index in [1.807, 2.05) is 6.92 Å². The summed E-state index contributed by atoms with van der Waals surface area (Å²) in [6.45, 7) is 5.37. The number of nitrogens with zero attached hydrogens (tertiary/aromatic N) is 3. The highest BCUT2D eigenvalue weighted by molar-refractivity contribution is 7.99. The number of nitrogens with two attached hydrogens (primary N) is 1. The summed E-state index contributed by atoms with van der Waals surface area (Å²) in [5.41, 5.74) is 4.94. The Bertz CT molecular complexity index is 1340. The number of ether oxygens (including phenoxy) is 2. The van der Waals surface area contributed by atoms with E-state index in [0.29, 0.717) is 23.1 Å². The summed E-state index contributed by atoms with van der Waals surface area (Å²) in [6, 6.07) is 4.50. The molecule has 2 amide bonds. The SMILES string of the molecule is CCOC(=O)c1c(NC(=O)CSc2nnc(COc3cccc(C(F)(F)F)c3)n2CC)sc(C(N)=O)c1C. The molecule has 0 atom stereocenters. The smallest absolute Gasteiger partial charge is 0.416 e. The van der Waals surface area contributed by atoms with Gasteiger partial charge in [0, 0.05) is 6.54 Å². The summed E-state index contributed by atoms with van der Waals surface area (Å²) >= 11 is 1.94. The van der Waals surface area contributed by atoms with Gasteiger partial charge in [-0.05, 0) is 44.5 Å². The molecule has 0 unspecified atom stereocenters. The van der Waals surface area contributed by atoms with Crippen molar-refractivity contribution in [2.24, 2.45) is 5.73 Å². The van der Waals surface area contributed by atoms with E-state index in [2.05, 4.69) is 15.5 Å². The normalized spacial score (nSPS) is 11.3. The van der Waals surface area contributed by atoms with Gasteiger partial charge in [0.2, 0.25) is 5.91 Å². The van der Waals surface area contributed by atoms with Gasteiger partial charge in [-0.15, -0.1) is 21.5 Å². The summed E-state index contributed by atoms with van der Waals surface area (Å²) in [7, 11) is 0. The maximum absolute atomic E-state index is 12.9. The quantitative estimate of drug-likeness (QED) is 0.257. The number of hydrogen-bond acceptors (Lipinski definition) is 9. The Hall–Kier alpha value is -3.59. The highest BCUT2D eigenvalue weighted by atomic mass is 32.2. The molecule has 2 aromatic heterocycles. The minimum Gasteiger partial charge on any atom is -0.486 e. The Morgan fingerprint density at radius 1 is 1.21 bits per heavy atom. The van der Waals surface area contributed by atoms with Crippen LogP contribution in [0.25, 0.3) is 0 Å². The van der Waals surface area contributed by atoms with Crippen molar-refractivity contribution in [3.8, 4) is 5.75 Å². The Labute approximate surface area is 223 Å². The molecule has 3 aromatic rings. The van der Waals surface area contributed by atoms with Gasteiger partial charge in [-0.3, -0.25) is 9.59 Å². The molecule has 38 heavy (non-hydrogen) atoms. The number of nitrogens with one attached hydrogen (secondary N) is 1. The van der Waals surface area contributed by atoms with Crippen LogP contribution < -0.4 is 15.8 Å². The fourth-order valence-corrected chi connectivity index (χ4v) is 5.22. The maximum atomic E-state index is 12.9. The van der Waals surface area contributed by atoms with Crippen LogP contribution in [0.4, 0.5) is 18.2 Å². The van der Waals surface area contributed by atoms with Gasteiger partial charge in [-0.2, -0.15) is 13.2 Å². The third kappa shape index (κ3) is 6.83. The van der Waals surface area contributed by atoms with Gasteiger partial charge in [0.15, 0.2) is 11.0 Å². The highest BCUT2D eigenvalue weighted by Gasteiger charge is 2.30. The van der Waals surface area contributed by atoms with E-state index < -0.39 is 29.5 Å². The Morgan fingerprint density at radius 3 is 2.58 bits per heavy atom. The van der Waals surface area contributed by atoms with Crippen LogP contribution in [-0.4, -0.2) is 44.9 Å². The van der Waals surface area contributed by atoms with E-state index in [-0.39, 0.29) is 40.2 Å². The van der Waals surface area contributed by atoms with E-state index in [9.17, 15) is 27.6 Å². The molecule has 0 radical (unpaired) electrons. The summed E-state index contributed by atoms with van der Waals surface area (Å²) in [5.74, 6) is -1.63. The van der Waals surface area contributed by atoms with E-state index in [4.69, 9.17) is 15.2 Å². The average molecular weight is 572 g/mol. The number of thioether (sulfide) groups is 1. The van der Waals surface area contributed by atoms with E-state index in [1.54, 1.807) is 18.4 Å². The number of primary amides is 1. The number of carbonyl (C=O) groups is 3. The monoisotopic (exact) mass is 571 g/mol. The fourth-order valence-electron chi connectivity index (χ4n) is 3.34. The average Bonchev–Trinajstić information content (AvgIpc) is 3.41. The van der Waals surface area contributed by atoms with Crippen molar-refractivity contribution < 1.29 is 37.0 Å². The molecular weight excluding hydrogens is 547 g/mol. The second-order valence-corrected chi connectivity index (χ2v) is 9.60. The van der Waals surface area contributed by atoms with Crippen LogP contribution in [-0.2, 0) is 28.9 Å². The number of halogens is 3. The van der Waals surface area contributed by atoms with Crippen LogP contribution in [0, 0.1) is 6.92 Å². The molecule has 10 nitrogen and oxygen atoms in total. The summed E-state index contributed by atoms with van der Waals surface area (Å²) in [5, 5.41) is 11.2. The van der Waals surface area contributed by atoms with E-state index in [1.165, 1.54) is 12.1 Å². The van der Waals surface area contributed by atoms with Crippen LogP contribution in [0.5, 0.6) is 5.75 Å². The van der Waals surface area contributed by atoms with Crippen molar-refractivity contribution in [3.05, 3.63) is 51.7 Å². The van der Waals surface area contributed by atoms with Gasteiger partial charge in [0.05, 0.1) is 28.4 Å². The van der Waals surface area contributed by atoms with Crippen molar-refractivity contribution in [3.63, 3.8) is 0 Å². The highest BCUT2D eigenvalue weighted by Crippen LogP contribution is 2.34. The fraction of sp³-hybridized carbons (Fsp3) is 0.348. The third-order valence-electron chi connectivity index (χ3n) is 5.07. The van der Waals surface area contributed by atoms with Gasteiger partial charge in [0.25, 0.3) is 5.91 Å². The predicted octanol–water partition coefficient (Wildman–Crippen LogP) is 4.27. The lowest BCUT2D eigenvalue weighted by atomic mass is 10.1. The molecule has 0 saturated heterocycles. The lowest BCUT2D eigenvalue weighted by molar-refractivity contribution is -0.137. The van der Waals surface area contributed by atoms with Crippen molar-refractivity contribution in [2.75, 3.05) is 17.7 Å². The van der Waals surface area contributed by atoms with Gasteiger partial charge >= 0.3 is 12.1 Å². The zero-order valence-corrected chi connectivity index (χ0v) is 22.2. The first-order chi connectivity index (χ1) is 18.0. The van der Waals surface area contributed by atoms with Gasteiger partial charge in [-0.1, -0.05) is 17.8 Å². The maximum Gasteiger partial charge on any atom is 0.416 e. The number of esters is 1. The second-order valence-electron chi connectivity index (χ2n) is 7.64. The van der Waals surface area contributed by atoms with Gasteiger partial charge < -0.3 is 25.1 Å². The number of benzene rings is 1. The van der Waals surface area contributed by atoms with Gasteiger partial charge in [-0.25, -0.2) is 4.79 Å². The molecule has 0 spiro atoms. The van der Waals surface area contributed by atoms with E-state index in [0.717, 1.165) is 35.2 Å². The Morgan fingerprint density at radius 2 is 1.95 bits per heavy atom. The number of aromatic nitrogens is 3. The number of amides is 2. The van der Waals surface area contributed by atoms with Gasteiger partial charge in [0.1, 0.15) is 17.4 Å². The van der Waals surface area contributed by atoms with E-state index >= 15 is 0 Å². The molecule has 2 heterocycles. The molecule has 15 heteroatoms. The topological polar surface area (TPSA) is 138 Å². The number of anilines is 1. The van der Waals surface area contributed by atoms with Crippen LogP contribution in [0.1, 0.15) is 50.8 Å². The molecule has 0 bridgehead atoms. The number of rotatable bonds is 11. The molecule has 3 N–H and O–H groups in total. The van der Waals surface area contributed by atoms with Crippen LogP contribution in [0.2, 0.25) is 0 Å². The van der Waals surface area contributed by atoms with Crippen molar-refractivity contribution in [1.29, 1.82) is 0 Å². The first-order valence-corrected chi connectivity index (χ1v) is 13.0. The number of carbonyl (C=O) groups excluding carboxylic acids is 3. The Kier molecular flexibility index (Phi) is 9.38. The molecule has 204 valence electrons. The third-order valence-corrected chi connectivity index (χ3v) is 7.26.